The molecule has 0 bridgehead atoms. The lowest BCUT2D eigenvalue weighted by molar-refractivity contribution is 0.425. The van der Waals surface area contributed by atoms with Gasteiger partial charge in [-0.25, -0.2) is 9.37 Å². The smallest absolute Gasteiger partial charge is 0.144 e. The molecule has 3 rings (SSSR count). The fourth-order valence-corrected chi connectivity index (χ4v) is 3.28. The van der Waals surface area contributed by atoms with E-state index in [2.05, 4.69) is 16.5 Å². The summed E-state index contributed by atoms with van der Waals surface area (Å²) in [6.45, 7) is 4.08. The predicted octanol–water partition coefficient (Wildman–Crippen LogP) is 5.88. The Bertz CT molecular complexity index is 662. The van der Waals surface area contributed by atoms with Gasteiger partial charge in [0.15, 0.2) is 0 Å². The Morgan fingerprint density at radius 2 is 2.14 bits per heavy atom. The summed E-state index contributed by atoms with van der Waals surface area (Å²) in [5.74, 6) is 1.18. The first-order valence-corrected chi connectivity index (χ1v) is 8.33. The molecule has 0 saturated heterocycles. The molecule has 0 aliphatic heterocycles. The second kappa shape index (κ2) is 5.77. The molecule has 1 aliphatic carbocycles. The number of hydrogen-bond donors (Lipinski definition) is 0. The van der Waals surface area contributed by atoms with Crippen LogP contribution in [0, 0.1) is 11.7 Å². The van der Waals surface area contributed by atoms with Crippen LogP contribution in [-0.2, 0) is 0 Å². The fraction of sp³-hybridized carbons (Fsp3) is 0.562. The topological polar surface area (TPSA) is 17.8 Å². The first-order chi connectivity index (χ1) is 10.0. The molecule has 2 nitrogen and oxygen atoms in total. The number of halogens is 3. The Morgan fingerprint density at radius 3 is 2.71 bits per heavy atom. The van der Waals surface area contributed by atoms with Gasteiger partial charge in [0.1, 0.15) is 11.6 Å². The second-order valence-electron chi connectivity index (χ2n) is 5.95. The summed E-state index contributed by atoms with van der Waals surface area (Å²) in [5.41, 5.74) is 1.52. The molecular weight excluding hydrogens is 310 g/mol. The van der Waals surface area contributed by atoms with E-state index in [0.717, 1.165) is 30.1 Å². The fourth-order valence-electron chi connectivity index (χ4n) is 2.97. The van der Waals surface area contributed by atoms with E-state index in [-0.39, 0.29) is 10.4 Å². The number of benzene rings is 1. The number of nitrogens with zero attached hydrogens (tertiary/aromatic N) is 2. The van der Waals surface area contributed by atoms with Crippen molar-refractivity contribution in [3.63, 3.8) is 0 Å². The highest BCUT2D eigenvalue weighted by Gasteiger charge is 2.28. The van der Waals surface area contributed by atoms with Crippen LogP contribution in [0.2, 0.25) is 5.02 Å². The van der Waals surface area contributed by atoms with Gasteiger partial charge in [0.25, 0.3) is 0 Å². The van der Waals surface area contributed by atoms with E-state index < -0.39 is 5.82 Å². The molecule has 21 heavy (non-hydrogen) atoms. The second-order valence-corrected chi connectivity index (χ2v) is 7.01. The van der Waals surface area contributed by atoms with Crippen LogP contribution >= 0.6 is 23.2 Å². The molecule has 2 atom stereocenters. The molecule has 2 aromatic rings. The Morgan fingerprint density at radius 1 is 1.43 bits per heavy atom. The lowest BCUT2D eigenvalue weighted by Crippen LogP contribution is -2.13. The van der Waals surface area contributed by atoms with Gasteiger partial charge in [-0.2, -0.15) is 0 Å². The van der Waals surface area contributed by atoms with Crippen LogP contribution in [0.5, 0.6) is 0 Å². The monoisotopic (exact) mass is 328 g/mol. The van der Waals surface area contributed by atoms with Gasteiger partial charge in [-0.05, 0) is 31.7 Å². The zero-order valence-corrected chi connectivity index (χ0v) is 13.8. The van der Waals surface area contributed by atoms with Crippen molar-refractivity contribution in [1.82, 2.24) is 9.55 Å². The van der Waals surface area contributed by atoms with E-state index in [0.29, 0.717) is 11.6 Å². The molecule has 2 unspecified atom stereocenters. The quantitative estimate of drug-likeness (QED) is 0.626. The highest BCUT2D eigenvalue weighted by molar-refractivity contribution is 6.31. The minimum absolute atomic E-state index is 0.138. The standard InChI is InChI=1S/C16H19Cl2FN2/c1-3-11(6-10-4-5-10)21-15-7-12(18)13(19)8-14(15)20-16(21)9(2)17/h7-11H,3-6H2,1-2H3. The number of alkyl halides is 1. The highest BCUT2D eigenvalue weighted by atomic mass is 35.5. The Balaban J connectivity index is 2.16. The van der Waals surface area contributed by atoms with E-state index >= 15 is 0 Å². The molecule has 0 spiro atoms. The van der Waals surface area contributed by atoms with Crippen LogP contribution in [0.1, 0.15) is 56.8 Å². The molecule has 0 amide bonds. The van der Waals surface area contributed by atoms with Crippen LogP contribution in [0.25, 0.3) is 11.0 Å². The highest BCUT2D eigenvalue weighted by Crippen LogP contribution is 2.40. The maximum Gasteiger partial charge on any atom is 0.144 e. The zero-order chi connectivity index (χ0) is 15.1. The molecule has 0 N–H and O–H groups in total. The summed E-state index contributed by atoms with van der Waals surface area (Å²) in [4.78, 5) is 4.54. The van der Waals surface area contributed by atoms with Gasteiger partial charge in [-0.3, -0.25) is 0 Å². The average Bonchev–Trinajstić information content (AvgIpc) is 3.18. The number of rotatable bonds is 5. The summed E-state index contributed by atoms with van der Waals surface area (Å²) in [6, 6.07) is 3.43. The van der Waals surface area contributed by atoms with Gasteiger partial charge >= 0.3 is 0 Å². The van der Waals surface area contributed by atoms with Crippen molar-refractivity contribution in [2.75, 3.05) is 0 Å². The molecule has 1 saturated carbocycles. The Hall–Kier alpha value is -0.800. The summed E-state index contributed by atoms with van der Waals surface area (Å²) in [7, 11) is 0. The van der Waals surface area contributed by atoms with Gasteiger partial charge in [-0.15, -0.1) is 11.6 Å². The van der Waals surface area contributed by atoms with Gasteiger partial charge in [0, 0.05) is 12.1 Å². The summed E-state index contributed by atoms with van der Waals surface area (Å²) in [5, 5.41) is -0.0776. The molecule has 1 heterocycles. The molecule has 1 fully saturated rings. The first kappa shape index (κ1) is 15.1. The minimum atomic E-state index is -0.433. The van der Waals surface area contributed by atoms with Crippen LogP contribution in [0.4, 0.5) is 4.39 Å². The van der Waals surface area contributed by atoms with E-state index in [1.165, 1.54) is 18.9 Å². The van der Waals surface area contributed by atoms with Crippen molar-refractivity contribution in [2.45, 2.75) is 50.9 Å². The normalized spacial score (nSPS) is 18.1. The maximum atomic E-state index is 13.7. The van der Waals surface area contributed by atoms with Crippen LogP contribution in [0.15, 0.2) is 12.1 Å². The maximum absolute atomic E-state index is 13.7. The minimum Gasteiger partial charge on any atom is -0.324 e. The molecule has 1 aliphatic rings. The van der Waals surface area contributed by atoms with Gasteiger partial charge < -0.3 is 4.57 Å². The molecule has 114 valence electrons. The third kappa shape index (κ3) is 2.91. The van der Waals surface area contributed by atoms with Gasteiger partial charge in [0.05, 0.1) is 21.4 Å². The van der Waals surface area contributed by atoms with Crippen molar-refractivity contribution in [3.05, 3.63) is 28.8 Å². The number of hydrogen-bond acceptors (Lipinski definition) is 1. The van der Waals surface area contributed by atoms with Crippen molar-refractivity contribution in [1.29, 1.82) is 0 Å². The summed E-state index contributed by atoms with van der Waals surface area (Å²) < 4.78 is 15.9. The molecule has 1 aromatic heterocycles. The predicted molar refractivity (Wildman–Crippen MR) is 85.6 cm³/mol. The first-order valence-electron chi connectivity index (χ1n) is 7.52. The third-order valence-electron chi connectivity index (χ3n) is 4.25. The SMILES string of the molecule is CCC(CC1CC1)n1c(C(C)Cl)nc2cc(F)c(Cl)cc21. The largest absolute Gasteiger partial charge is 0.324 e. The van der Waals surface area contributed by atoms with Crippen LogP contribution in [0.3, 0.4) is 0 Å². The Kier molecular flexibility index (Phi) is 4.15. The average molecular weight is 329 g/mol. The Labute approximate surface area is 134 Å². The molecular formula is C16H19Cl2FN2. The van der Waals surface area contributed by atoms with Gasteiger partial charge in [-0.1, -0.05) is 31.4 Å². The van der Waals surface area contributed by atoms with Crippen molar-refractivity contribution in [3.8, 4) is 0 Å². The van der Waals surface area contributed by atoms with E-state index in [1.54, 1.807) is 6.07 Å². The van der Waals surface area contributed by atoms with Crippen molar-refractivity contribution >= 4 is 34.2 Å². The molecule has 1 aromatic carbocycles. The summed E-state index contributed by atoms with van der Waals surface area (Å²) >= 11 is 12.3. The van der Waals surface area contributed by atoms with E-state index in [4.69, 9.17) is 23.2 Å². The van der Waals surface area contributed by atoms with E-state index in [9.17, 15) is 4.39 Å². The van der Waals surface area contributed by atoms with Crippen molar-refractivity contribution in [2.24, 2.45) is 5.92 Å². The van der Waals surface area contributed by atoms with E-state index in [1.807, 2.05) is 6.92 Å². The summed E-state index contributed by atoms with van der Waals surface area (Å²) in [6.07, 6.45) is 4.76. The number of fused-ring (bicyclic) bond motifs is 1. The number of imidazole rings is 1. The number of aromatic nitrogens is 2. The zero-order valence-electron chi connectivity index (χ0n) is 12.2. The lowest BCUT2D eigenvalue weighted by Gasteiger charge is -2.21. The lowest BCUT2D eigenvalue weighted by atomic mass is 10.1. The van der Waals surface area contributed by atoms with Gasteiger partial charge in [0.2, 0.25) is 0 Å². The third-order valence-corrected chi connectivity index (χ3v) is 4.74. The van der Waals surface area contributed by atoms with Crippen molar-refractivity contribution < 1.29 is 4.39 Å². The van der Waals surface area contributed by atoms with Crippen LogP contribution < -0.4 is 0 Å². The molecule has 5 heteroatoms. The van der Waals surface area contributed by atoms with Crippen LogP contribution in [-0.4, -0.2) is 9.55 Å². The molecule has 0 radical (unpaired) electrons.